The highest BCUT2D eigenvalue weighted by molar-refractivity contribution is 7.47. The van der Waals surface area contributed by atoms with E-state index in [0.29, 0.717) is 6.42 Å². The first-order valence-electron chi connectivity index (χ1n) is 29.2. The lowest BCUT2D eigenvalue weighted by molar-refractivity contribution is -0.161. The summed E-state index contributed by atoms with van der Waals surface area (Å²) in [6, 6.07) is 0. The standard InChI is InChI=1S/C57H112NO8P/c1-3-5-7-9-11-13-15-17-18-19-20-21-22-23-24-25-26-27-28-29-30-31-32-33-34-35-36-38-39-41-43-45-47-49-56(59)63-53-55(54-65-67(61,62)64-52-51-58)66-57(60)50-48-46-44-42-40-37-16-14-12-10-8-6-4-2/h14,16,55H,3-13,15,17-54,58H2,1-2H3,(H,61,62)/b16-14-. The van der Waals surface area contributed by atoms with Crippen molar-refractivity contribution in [2.24, 2.45) is 5.73 Å². The van der Waals surface area contributed by atoms with Crippen LogP contribution in [0.25, 0.3) is 0 Å². The van der Waals surface area contributed by atoms with Gasteiger partial charge in [-0.3, -0.25) is 18.6 Å². The third-order valence-corrected chi connectivity index (χ3v) is 14.1. The Labute approximate surface area is 415 Å². The molecular formula is C57H112NO8P. The van der Waals surface area contributed by atoms with E-state index in [1.807, 2.05) is 0 Å². The zero-order valence-electron chi connectivity index (χ0n) is 44.4. The van der Waals surface area contributed by atoms with E-state index in [2.05, 4.69) is 26.0 Å². The predicted molar refractivity (Wildman–Crippen MR) is 284 cm³/mol. The molecule has 2 unspecified atom stereocenters. The molecule has 0 amide bonds. The Morgan fingerprint density at radius 2 is 0.731 bits per heavy atom. The van der Waals surface area contributed by atoms with Gasteiger partial charge in [0.25, 0.3) is 0 Å². The van der Waals surface area contributed by atoms with Crippen molar-refractivity contribution in [3.8, 4) is 0 Å². The maximum atomic E-state index is 12.6. The molecule has 0 heterocycles. The van der Waals surface area contributed by atoms with Crippen LogP contribution in [0.1, 0.15) is 309 Å². The maximum absolute atomic E-state index is 12.6. The van der Waals surface area contributed by atoms with Crippen molar-refractivity contribution in [2.45, 2.75) is 315 Å². The molecule has 0 aliphatic carbocycles. The summed E-state index contributed by atoms with van der Waals surface area (Å²) >= 11 is 0. The molecule has 0 aromatic heterocycles. The summed E-state index contributed by atoms with van der Waals surface area (Å²) in [6.45, 7) is 3.76. The topological polar surface area (TPSA) is 134 Å². The summed E-state index contributed by atoms with van der Waals surface area (Å²) < 4.78 is 32.9. The van der Waals surface area contributed by atoms with Gasteiger partial charge in [0.1, 0.15) is 6.61 Å². The minimum atomic E-state index is -4.38. The first kappa shape index (κ1) is 65.8. The fraction of sp³-hybridized carbons (Fsp3) is 0.930. The molecule has 0 rings (SSSR count). The van der Waals surface area contributed by atoms with Gasteiger partial charge in [-0.15, -0.1) is 0 Å². The Kier molecular flexibility index (Phi) is 53.1. The number of phosphoric ester groups is 1. The van der Waals surface area contributed by atoms with Crippen LogP contribution in [0, 0.1) is 0 Å². The van der Waals surface area contributed by atoms with Crippen LogP contribution in [0.4, 0.5) is 0 Å². The van der Waals surface area contributed by atoms with Crippen molar-refractivity contribution in [1.29, 1.82) is 0 Å². The van der Waals surface area contributed by atoms with E-state index >= 15 is 0 Å². The van der Waals surface area contributed by atoms with Gasteiger partial charge in [-0.25, -0.2) is 4.57 Å². The first-order chi connectivity index (χ1) is 32.8. The van der Waals surface area contributed by atoms with E-state index < -0.39 is 26.5 Å². The molecule has 0 radical (unpaired) electrons. The number of carbonyl (C=O) groups excluding carboxylic acids is 2. The summed E-state index contributed by atoms with van der Waals surface area (Å²) in [5.41, 5.74) is 5.37. The number of nitrogens with two attached hydrogens (primary N) is 1. The molecule has 2 atom stereocenters. The predicted octanol–water partition coefficient (Wildman–Crippen LogP) is 18.1. The Morgan fingerprint density at radius 3 is 1.07 bits per heavy atom. The van der Waals surface area contributed by atoms with Crippen molar-refractivity contribution >= 4 is 19.8 Å². The molecule has 0 bridgehead atoms. The quantitative estimate of drug-likeness (QED) is 0.0264. The molecule has 0 aliphatic rings. The molecule has 3 N–H and O–H groups in total. The molecule has 10 heteroatoms. The monoisotopic (exact) mass is 970 g/mol. The van der Waals surface area contributed by atoms with Gasteiger partial charge in [0.05, 0.1) is 13.2 Å². The molecule has 0 aromatic carbocycles. The van der Waals surface area contributed by atoms with Gasteiger partial charge in [0.2, 0.25) is 0 Å². The first-order valence-corrected chi connectivity index (χ1v) is 30.7. The molecule has 0 aromatic rings. The zero-order valence-corrected chi connectivity index (χ0v) is 45.3. The normalized spacial score (nSPS) is 13.1. The lowest BCUT2D eigenvalue weighted by Crippen LogP contribution is -2.29. The summed E-state index contributed by atoms with van der Waals surface area (Å²) in [7, 11) is -4.38. The molecule has 0 saturated heterocycles. The highest BCUT2D eigenvalue weighted by Gasteiger charge is 2.26. The van der Waals surface area contributed by atoms with Crippen molar-refractivity contribution < 1.29 is 37.6 Å². The number of ether oxygens (including phenoxy) is 2. The number of phosphoric acid groups is 1. The Morgan fingerprint density at radius 1 is 0.433 bits per heavy atom. The van der Waals surface area contributed by atoms with Crippen LogP contribution < -0.4 is 5.73 Å². The second kappa shape index (κ2) is 54.1. The molecule has 9 nitrogen and oxygen atoms in total. The van der Waals surface area contributed by atoms with E-state index in [9.17, 15) is 19.0 Å². The fourth-order valence-corrected chi connectivity index (χ4v) is 9.58. The Balaban J connectivity index is 3.77. The van der Waals surface area contributed by atoms with Gasteiger partial charge >= 0.3 is 19.8 Å². The highest BCUT2D eigenvalue weighted by Crippen LogP contribution is 2.43. The Hall–Kier alpha value is -1.25. The van der Waals surface area contributed by atoms with E-state index in [4.69, 9.17) is 24.3 Å². The fourth-order valence-electron chi connectivity index (χ4n) is 8.81. The molecule has 398 valence electrons. The van der Waals surface area contributed by atoms with Crippen LogP contribution in [-0.4, -0.2) is 49.3 Å². The minimum Gasteiger partial charge on any atom is -0.462 e. The SMILES string of the molecule is CCCCCC/C=C\CCCCCCCC(=O)OC(COC(=O)CCCCCCCCCCCCCCCCCCCCCCCCCCCCCCCCCCC)COP(=O)(O)OCCN. The molecule has 0 aliphatic heterocycles. The van der Waals surface area contributed by atoms with E-state index in [-0.39, 0.29) is 38.6 Å². The number of allylic oxidation sites excluding steroid dienone is 2. The number of unbranched alkanes of at least 4 members (excludes halogenated alkanes) is 41. The average molecular weight is 970 g/mol. The molecule has 0 spiro atoms. The second-order valence-electron chi connectivity index (χ2n) is 19.9. The second-order valence-corrected chi connectivity index (χ2v) is 21.3. The van der Waals surface area contributed by atoms with Crippen molar-refractivity contribution in [3.05, 3.63) is 12.2 Å². The molecular weight excluding hydrogens is 858 g/mol. The van der Waals surface area contributed by atoms with Crippen LogP contribution >= 0.6 is 7.82 Å². The van der Waals surface area contributed by atoms with Gasteiger partial charge in [-0.1, -0.05) is 270 Å². The lowest BCUT2D eigenvalue weighted by atomic mass is 10.0. The summed E-state index contributed by atoms with van der Waals surface area (Å²) in [4.78, 5) is 35.0. The third-order valence-electron chi connectivity index (χ3n) is 13.2. The van der Waals surface area contributed by atoms with Crippen LogP contribution in [-0.2, 0) is 32.7 Å². The molecule has 0 saturated carbocycles. The smallest absolute Gasteiger partial charge is 0.462 e. The summed E-state index contributed by atoms with van der Waals surface area (Å²) in [5.74, 6) is -0.822. The van der Waals surface area contributed by atoms with Gasteiger partial charge in [-0.05, 0) is 38.5 Å². The number of hydrogen-bond acceptors (Lipinski definition) is 8. The van der Waals surface area contributed by atoms with Crippen molar-refractivity contribution in [3.63, 3.8) is 0 Å². The van der Waals surface area contributed by atoms with Crippen LogP contribution in [0.5, 0.6) is 0 Å². The van der Waals surface area contributed by atoms with Gasteiger partial charge in [-0.2, -0.15) is 0 Å². The van der Waals surface area contributed by atoms with Crippen molar-refractivity contribution in [2.75, 3.05) is 26.4 Å². The van der Waals surface area contributed by atoms with Crippen LogP contribution in [0.2, 0.25) is 0 Å². The summed E-state index contributed by atoms with van der Waals surface area (Å²) in [5, 5.41) is 0. The van der Waals surface area contributed by atoms with Crippen LogP contribution in [0.3, 0.4) is 0 Å². The number of esters is 2. The summed E-state index contributed by atoms with van der Waals surface area (Å²) in [6.07, 6.45) is 61.6. The van der Waals surface area contributed by atoms with Gasteiger partial charge in [0, 0.05) is 19.4 Å². The number of carbonyl (C=O) groups is 2. The molecule has 0 fully saturated rings. The Bertz CT molecular complexity index is 1110. The third kappa shape index (κ3) is 53.9. The largest absolute Gasteiger partial charge is 0.472 e. The van der Waals surface area contributed by atoms with E-state index in [1.165, 1.54) is 225 Å². The highest BCUT2D eigenvalue weighted by atomic mass is 31.2. The minimum absolute atomic E-state index is 0.0551. The van der Waals surface area contributed by atoms with Crippen molar-refractivity contribution in [1.82, 2.24) is 0 Å². The van der Waals surface area contributed by atoms with E-state index in [1.54, 1.807) is 0 Å². The maximum Gasteiger partial charge on any atom is 0.472 e. The van der Waals surface area contributed by atoms with Gasteiger partial charge < -0.3 is 20.1 Å². The zero-order chi connectivity index (χ0) is 48.8. The molecule has 67 heavy (non-hydrogen) atoms. The van der Waals surface area contributed by atoms with E-state index in [0.717, 1.165) is 51.4 Å². The lowest BCUT2D eigenvalue weighted by Gasteiger charge is -2.19. The average Bonchev–Trinajstić information content (AvgIpc) is 3.32. The number of hydrogen-bond donors (Lipinski definition) is 2. The number of rotatable bonds is 56. The van der Waals surface area contributed by atoms with Crippen LogP contribution in [0.15, 0.2) is 12.2 Å². The van der Waals surface area contributed by atoms with Gasteiger partial charge in [0.15, 0.2) is 6.10 Å².